The van der Waals surface area contributed by atoms with Gasteiger partial charge >= 0.3 is 0 Å². The van der Waals surface area contributed by atoms with Crippen molar-refractivity contribution in [3.05, 3.63) is 42.0 Å². The number of thioether (sulfide) groups is 1. The quantitative estimate of drug-likeness (QED) is 0.562. The summed E-state index contributed by atoms with van der Waals surface area (Å²) in [6, 6.07) is 10.2. The molecule has 9 heteroatoms. The van der Waals surface area contributed by atoms with E-state index in [4.69, 9.17) is 18.9 Å². The molecule has 0 saturated carbocycles. The molecule has 0 aliphatic carbocycles. The van der Waals surface area contributed by atoms with Gasteiger partial charge in [0.25, 0.3) is 5.91 Å². The van der Waals surface area contributed by atoms with Crippen LogP contribution in [0.2, 0.25) is 0 Å². The fourth-order valence-electron chi connectivity index (χ4n) is 2.44. The van der Waals surface area contributed by atoms with Crippen LogP contribution < -0.4 is 29.8 Å². The Kier molecular flexibility index (Phi) is 6.49. The van der Waals surface area contributed by atoms with E-state index in [0.29, 0.717) is 41.8 Å². The molecule has 1 aliphatic rings. The van der Waals surface area contributed by atoms with Crippen LogP contribution in [-0.2, 0) is 4.79 Å². The van der Waals surface area contributed by atoms with E-state index < -0.39 is 5.91 Å². The third-order valence-corrected chi connectivity index (χ3v) is 4.81. The summed E-state index contributed by atoms with van der Waals surface area (Å²) < 4.78 is 21.2. The monoisotopic (exact) mass is 404 g/mol. The molecule has 1 aliphatic heterocycles. The number of hydrazine groups is 1. The normalized spacial score (nSPS) is 12.1. The SMILES string of the molecule is COc1cc(OC)cc(C(=O)NNC(=O)CSc2ccc3c(c2)OCCO3)c1. The summed E-state index contributed by atoms with van der Waals surface area (Å²) in [5.74, 6) is 1.62. The van der Waals surface area contributed by atoms with E-state index in [1.165, 1.54) is 26.0 Å². The number of amides is 2. The highest BCUT2D eigenvalue weighted by molar-refractivity contribution is 8.00. The molecule has 0 unspecified atom stereocenters. The molecule has 2 aromatic carbocycles. The molecule has 0 fully saturated rings. The number of rotatable bonds is 6. The van der Waals surface area contributed by atoms with Gasteiger partial charge in [-0.25, -0.2) is 0 Å². The van der Waals surface area contributed by atoms with E-state index in [9.17, 15) is 9.59 Å². The van der Waals surface area contributed by atoms with E-state index in [1.807, 2.05) is 18.2 Å². The van der Waals surface area contributed by atoms with Gasteiger partial charge in [-0.15, -0.1) is 11.8 Å². The van der Waals surface area contributed by atoms with Crippen LogP contribution in [0.3, 0.4) is 0 Å². The van der Waals surface area contributed by atoms with Gasteiger partial charge < -0.3 is 18.9 Å². The second-order valence-corrected chi connectivity index (χ2v) is 6.75. The smallest absolute Gasteiger partial charge is 0.269 e. The van der Waals surface area contributed by atoms with Gasteiger partial charge in [0.1, 0.15) is 24.7 Å². The zero-order valence-corrected chi connectivity index (χ0v) is 16.3. The van der Waals surface area contributed by atoms with Crippen molar-refractivity contribution >= 4 is 23.6 Å². The van der Waals surface area contributed by atoms with Gasteiger partial charge in [-0.2, -0.15) is 0 Å². The summed E-state index contributed by atoms with van der Waals surface area (Å²) in [6.07, 6.45) is 0. The van der Waals surface area contributed by atoms with Gasteiger partial charge in [-0.05, 0) is 30.3 Å². The van der Waals surface area contributed by atoms with Crippen molar-refractivity contribution in [2.24, 2.45) is 0 Å². The number of benzene rings is 2. The summed E-state index contributed by atoms with van der Waals surface area (Å²) in [6.45, 7) is 1.03. The number of methoxy groups -OCH3 is 2. The van der Waals surface area contributed by atoms with Crippen LogP contribution in [0.15, 0.2) is 41.3 Å². The highest BCUT2D eigenvalue weighted by Gasteiger charge is 2.14. The molecule has 3 rings (SSSR count). The molecular weight excluding hydrogens is 384 g/mol. The molecule has 2 amide bonds. The number of fused-ring (bicyclic) bond motifs is 1. The van der Waals surface area contributed by atoms with Crippen LogP contribution in [-0.4, -0.2) is 45.0 Å². The van der Waals surface area contributed by atoms with Crippen LogP contribution in [0.5, 0.6) is 23.0 Å². The molecule has 0 radical (unpaired) electrons. The molecular formula is C19H20N2O6S. The zero-order valence-electron chi connectivity index (χ0n) is 15.4. The predicted molar refractivity (Wildman–Crippen MR) is 103 cm³/mol. The van der Waals surface area contributed by atoms with Gasteiger partial charge in [0.2, 0.25) is 5.91 Å². The first-order chi connectivity index (χ1) is 13.6. The molecule has 1 heterocycles. The Morgan fingerprint density at radius 3 is 2.32 bits per heavy atom. The maximum atomic E-state index is 12.2. The topological polar surface area (TPSA) is 95.1 Å². The summed E-state index contributed by atoms with van der Waals surface area (Å²) in [7, 11) is 2.99. The number of carbonyl (C=O) groups excluding carboxylic acids is 2. The summed E-state index contributed by atoms with van der Waals surface area (Å²) >= 11 is 1.32. The van der Waals surface area contributed by atoms with Crippen LogP contribution in [0.4, 0.5) is 0 Å². The van der Waals surface area contributed by atoms with Crippen molar-refractivity contribution in [2.75, 3.05) is 33.2 Å². The summed E-state index contributed by atoms with van der Waals surface area (Å²) in [4.78, 5) is 25.1. The molecule has 8 nitrogen and oxygen atoms in total. The minimum Gasteiger partial charge on any atom is -0.497 e. The van der Waals surface area contributed by atoms with Gasteiger partial charge in [0.15, 0.2) is 11.5 Å². The van der Waals surface area contributed by atoms with Crippen molar-refractivity contribution in [3.63, 3.8) is 0 Å². The number of ether oxygens (including phenoxy) is 4. The average molecular weight is 404 g/mol. The second kappa shape index (κ2) is 9.23. The molecule has 0 atom stereocenters. The first kappa shape index (κ1) is 19.7. The minimum absolute atomic E-state index is 0.126. The van der Waals surface area contributed by atoms with Gasteiger partial charge in [-0.3, -0.25) is 20.4 Å². The van der Waals surface area contributed by atoms with Crippen LogP contribution >= 0.6 is 11.8 Å². The molecule has 0 spiro atoms. The molecule has 2 N–H and O–H groups in total. The molecule has 28 heavy (non-hydrogen) atoms. The molecule has 0 aromatic heterocycles. The second-order valence-electron chi connectivity index (χ2n) is 5.70. The van der Waals surface area contributed by atoms with Crippen LogP contribution in [0.1, 0.15) is 10.4 Å². The maximum absolute atomic E-state index is 12.2. The molecule has 0 bridgehead atoms. The van der Waals surface area contributed by atoms with Crippen LogP contribution in [0, 0.1) is 0 Å². The lowest BCUT2D eigenvalue weighted by Crippen LogP contribution is -2.42. The van der Waals surface area contributed by atoms with Crippen LogP contribution in [0.25, 0.3) is 0 Å². The third-order valence-electron chi connectivity index (χ3n) is 3.81. The Balaban J connectivity index is 1.51. The van der Waals surface area contributed by atoms with Crippen molar-refractivity contribution in [1.82, 2.24) is 10.9 Å². The average Bonchev–Trinajstić information content (AvgIpc) is 2.75. The Labute approximate surface area is 166 Å². The lowest BCUT2D eigenvalue weighted by atomic mass is 10.2. The number of nitrogens with one attached hydrogen (secondary N) is 2. The molecule has 2 aromatic rings. The van der Waals surface area contributed by atoms with E-state index in [1.54, 1.807) is 18.2 Å². The van der Waals surface area contributed by atoms with E-state index in [2.05, 4.69) is 10.9 Å². The highest BCUT2D eigenvalue weighted by Crippen LogP contribution is 2.34. The highest BCUT2D eigenvalue weighted by atomic mass is 32.2. The summed E-state index contributed by atoms with van der Waals surface area (Å²) in [5.41, 5.74) is 5.07. The van der Waals surface area contributed by atoms with Crippen molar-refractivity contribution < 1.29 is 28.5 Å². The van der Waals surface area contributed by atoms with Crippen molar-refractivity contribution in [1.29, 1.82) is 0 Å². The van der Waals surface area contributed by atoms with Crippen molar-refractivity contribution in [2.45, 2.75) is 4.90 Å². The Morgan fingerprint density at radius 2 is 1.64 bits per heavy atom. The van der Waals surface area contributed by atoms with E-state index >= 15 is 0 Å². The van der Waals surface area contributed by atoms with E-state index in [0.717, 1.165) is 4.90 Å². The first-order valence-corrected chi connectivity index (χ1v) is 9.42. The van der Waals surface area contributed by atoms with Gasteiger partial charge in [0, 0.05) is 16.5 Å². The molecule has 0 saturated heterocycles. The standard InChI is InChI=1S/C19H20N2O6S/c1-24-13-7-12(8-14(9-13)25-2)19(23)21-20-18(22)11-28-15-3-4-16-17(10-15)27-6-5-26-16/h3-4,7-10H,5-6,11H2,1-2H3,(H,20,22)(H,21,23). The number of hydrogen-bond acceptors (Lipinski definition) is 7. The van der Waals surface area contributed by atoms with Crippen molar-refractivity contribution in [3.8, 4) is 23.0 Å². The fourth-order valence-corrected chi connectivity index (χ4v) is 3.16. The fraction of sp³-hybridized carbons (Fsp3) is 0.263. The largest absolute Gasteiger partial charge is 0.497 e. The van der Waals surface area contributed by atoms with Gasteiger partial charge in [0.05, 0.1) is 20.0 Å². The Morgan fingerprint density at radius 1 is 0.964 bits per heavy atom. The lowest BCUT2D eigenvalue weighted by Gasteiger charge is -2.18. The Bertz CT molecular complexity index is 851. The first-order valence-electron chi connectivity index (χ1n) is 8.44. The number of carbonyl (C=O) groups is 2. The number of hydrogen-bond donors (Lipinski definition) is 2. The van der Waals surface area contributed by atoms with Gasteiger partial charge in [-0.1, -0.05) is 0 Å². The third kappa shape index (κ3) is 5.01. The Hall–Kier alpha value is -3.07. The zero-order chi connectivity index (χ0) is 19.9. The molecule has 148 valence electrons. The summed E-state index contributed by atoms with van der Waals surface area (Å²) in [5, 5.41) is 0. The minimum atomic E-state index is -0.477. The predicted octanol–water partition coefficient (Wildman–Crippen LogP) is 2.03. The lowest BCUT2D eigenvalue weighted by molar-refractivity contribution is -0.119. The van der Waals surface area contributed by atoms with E-state index in [-0.39, 0.29) is 11.7 Å². The maximum Gasteiger partial charge on any atom is 0.269 e.